The molecule has 0 saturated heterocycles. The summed E-state index contributed by atoms with van der Waals surface area (Å²) in [6, 6.07) is 0.557. The lowest BCUT2D eigenvalue weighted by Crippen LogP contribution is -2.37. The number of hydrogen-bond acceptors (Lipinski definition) is 4. The molecule has 0 unspecified atom stereocenters. The number of rotatable bonds is 9. The van der Waals surface area contributed by atoms with Gasteiger partial charge in [-0.25, -0.2) is 9.59 Å². The van der Waals surface area contributed by atoms with Crippen molar-refractivity contribution in [1.29, 1.82) is 0 Å². The molecule has 1 aliphatic carbocycles. The van der Waals surface area contributed by atoms with Crippen LogP contribution < -0.4 is 10.6 Å². The van der Waals surface area contributed by atoms with Gasteiger partial charge in [0.2, 0.25) is 0 Å². The second-order valence-corrected chi connectivity index (χ2v) is 10.9. The van der Waals surface area contributed by atoms with Gasteiger partial charge < -0.3 is 25.4 Å². The summed E-state index contributed by atoms with van der Waals surface area (Å²) < 4.78 is 5.20. The van der Waals surface area contributed by atoms with Gasteiger partial charge in [0.05, 0.1) is 0 Å². The summed E-state index contributed by atoms with van der Waals surface area (Å²) in [5, 5.41) is 15.9. The zero-order valence-electron chi connectivity index (χ0n) is 22.3. The van der Waals surface area contributed by atoms with Gasteiger partial charge in [-0.3, -0.25) is 0 Å². The van der Waals surface area contributed by atoms with E-state index in [4.69, 9.17) is 4.74 Å². The summed E-state index contributed by atoms with van der Waals surface area (Å²) in [5.74, 6) is 0. The molecule has 1 fully saturated rings. The molecule has 34 heavy (non-hydrogen) atoms. The van der Waals surface area contributed by atoms with E-state index in [2.05, 4.69) is 10.6 Å². The largest absolute Gasteiger partial charge is 0.465 e. The monoisotopic (exact) mass is 483 g/mol. The molecule has 3 N–H and O–H groups in total. The molecule has 200 valence electrons. The van der Waals surface area contributed by atoms with Gasteiger partial charge in [0.1, 0.15) is 5.60 Å². The van der Waals surface area contributed by atoms with Crippen molar-refractivity contribution in [2.45, 2.75) is 135 Å². The van der Waals surface area contributed by atoms with E-state index in [0.29, 0.717) is 32.1 Å². The standard InChI is InChI=1S/C27H53N3O4/c1-27(2,3)34-25(31)29-21-17-23-30(26(32)33)22-16-20-28-24-18-14-12-10-8-6-4-5-7-9-11-13-15-19-24/h24,28H,4-23H2,1-3H3,(H,29,31)(H,32,33). The second kappa shape index (κ2) is 18.8. The van der Waals surface area contributed by atoms with Crippen LogP contribution in [0.5, 0.6) is 0 Å². The van der Waals surface area contributed by atoms with Crippen molar-refractivity contribution < 1.29 is 19.4 Å². The van der Waals surface area contributed by atoms with Crippen LogP contribution in [0.3, 0.4) is 0 Å². The minimum Gasteiger partial charge on any atom is -0.465 e. The number of carboxylic acid groups (broad SMARTS) is 1. The van der Waals surface area contributed by atoms with Crippen molar-refractivity contribution in [1.82, 2.24) is 15.5 Å². The Bertz CT molecular complexity index is 520. The number of amides is 2. The summed E-state index contributed by atoms with van der Waals surface area (Å²) in [6.07, 6.45) is 18.9. The number of ether oxygens (including phenoxy) is 1. The van der Waals surface area contributed by atoms with Gasteiger partial charge in [-0.2, -0.15) is 0 Å². The maximum atomic E-state index is 11.7. The molecule has 1 rings (SSSR count). The fourth-order valence-electron chi connectivity index (χ4n) is 4.55. The predicted octanol–water partition coefficient (Wildman–Crippen LogP) is 6.70. The Morgan fingerprint density at radius 3 is 1.68 bits per heavy atom. The van der Waals surface area contributed by atoms with Crippen LogP contribution in [0.4, 0.5) is 9.59 Å². The molecule has 0 aromatic carbocycles. The molecule has 7 heteroatoms. The maximum absolute atomic E-state index is 11.7. The van der Waals surface area contributed by atoms with Crippen molar-refractivity contribution >= 4 is 12.2 Å². The van der Waals surface area contributed by atoms with Gasteiger partial charge in [-0.15, -0.1) is 0 Å². The third-order valence-corrected chi connectivity index (χ3v) is 6.44. The normalized spacial score (nSPS) is 17.9. The van der Waals surface area contributed by atoms with Crippen molar-refractivity contribution in [3.8, 4) is 0 Å². The van der Waals surface area contributed by atoms with E-state index in [1.807, 2.05) is 20.8 Å². The highest BCUT2D eigenvalue weighted by molar-refractivity contribution is 5.67. The lowest BCUT2D eigenvalue weighted by atomic mass is 10.0. The first kappa shape index (κ1) is 30.5. The zero-order valence-corrected chi connectivity index (χ0v) is 22.3. The highest BCUT2D eigenvalue weighted by atomic mass is 16.6. The fraction of sp³-hybridized carbons (Fsp3) is 0.926. The molecule has 0 spiro atoms. The highest BCUT2D eigenvalue weighted by Gasteiger charge is 2.16. The number of hydrogen-bond donors (Lipinski definition) is 3. The van der Waals surface area contributed by atoms with E-state index in [0.717, 1.165) is 13.0 Å². The van der Waals surface area contributed by atoms with E-state index < -0.39 is 17.8 Å². The Morgan fingerprint density at radius 1 is 0.794 bits per heavy atom. The van der Waals surface area contributed by atoms with Gasteiger partial charge in [0.15, 0.2) is 0 Å². The molecular formula is C27H53N3O4. The number of carbonyl (C=O) groups is 2. The van der Waals surface area contributed by atoms with E-state index in [1.54, 1.807) is 0 Å². The van der Waals surface area contributed by atoms with Gasteiger partial charge >= 0.3 is 12.2 Å². The van der Waals surface area contributed by atoms with Crippen molar-refractivity contribution in [3.05, 3.63) is 0 Å². The summed E-state index contributed by atoms with van der Waals surface area (Å²) in [6.45, 7) is 7.63. The first-order valence-corrected chi connectivity index (χ1v) is 14.0. The molecule has 0 bridgehead atoms. The molecule has 0 aliphatic heterocycles. The average molecular weight is 484 g/mol. The van der Waals surface area contributed by atoms with Crippen LogP contribution in [-0.2, 0) is 4.74 Å². The Morgan fingerprint density at radius 2 is 1.24 bits per heavy atom. The third kappa shape index (κ3) is 17.9. The average Bonchev–Trinajstić information content (AvgIpc) is 2.76. The molecule has 7 nitrogen and oxygen atoms in total. The molecule has 1 aliphatic rings. The van der Waals surface area contributed by atoms with Gasteiger partial charge in [0, 0.05) is 25.7 Å². The Kier molecular flexibility index (Phi) is 16.9. The minimum atomic E-state index is -0.897. The summed E-state index contributed by atoms with van der Waals surface area (Å²) in [5.41, 5.74) is -0.532. The van der Waals surface area contributed by atoms with Crippen LogP contribution >= 0.6 is 0 Å². The fourth-order valence-corrected chi connectivity index (χ4v) is 4.55. The van der Waals surface area contributed by atoms with Gasteiger partial charge in [-0.05, 0) is 53.0 Å². The summed E-state index contributed by atoms with van der Waals surface area (Å²) >= 11 is 0. The van der Waals surface area contributed by atoms with E-state index in [9.17, 15) is 14.7 Å². The highest BCUT2D eigenvalue weighted by Crippen LogP contribution is 2.17. The zero-order chi connectivity index (χ0) is 25.1. The number of alkyl carbamates (subject to hydrolysis) is 1. The number of nitrogens with zero attached hydrogens (tertiary/aromatic N) is 1. The van der Waals surface area contributed by atoms with Crippen molar-refractivity contribution in [3.63, 3.8) is 0 Å². The lowest BCUT2D eigenvalue weighted by Gasteiger charge is -2.22. The summed E-state index contributed by atoms with van der Waals surface area (Å²) in [4.78, 5) is 24.7. The van der Waals surface area contributed by atoms with Gasteiger partial charge in [0.25, 0.3) is 0 Å². The second-order valence-electron chi connectivity index (χ2n) is 10.9. The third-order valence-electron chi connectivity index (χ3n) is 6.44. The number of nitrogens with one attached hydrogen (secondary N) is 2. The smallest absolute Gasteiger partial charge is 0.407 e. The molecule has 0 aromatic heterocycles. The molecule has 1 saturated carbocycles. The Hall–Kier alpha value is -1.50. The SMILES string of the molecule is CC(C)(C)OC(=O)NCCCN(CCCNC1CCCCCCCCCCCCCC1)C(=O)O. The molecular weight excluding hydrogens is 430 g/mol. The van der Waals surface area contributed by atoms with Crippen molar-refractivity contribution in [2.75, 3.05) is 26.2 Å². The lowest BCUT2D eigenvalue weighted by molar-refractivity contribution is 0.0526. The number of carbonyl (C=O) groups excluding carboxylic acids is 1. The maximum Gasteiger partial charge on any atom is 0.407 e. The molecule has 0 aromatic rings. The topological polar surface area (TPSA) is 90.9 Å². The van der Waals surface area contributed by atoms with Crippen LogP contribution in [0.2, 0.25) is 0 Å². The van der Waals surface area contributed by atoms with E-state index >= 15 is 0 Å². The Labute approximate surface area is 208 Å². The first-order chi connectivity index (χ1) is 16.3. The van der Waals surface area contributed by atoms with Crippen LogP contribution in [-0.4, -0.2) is 60.0 Å². The van der Waals surface area contributed by atoms with Gasteiger partial charge in [-0.1, -0.05) is 77.0 Å². The van der Waals surface area contributed by atoms with E-state index in [-0.39, 0.29) is 0 Å². The van der Waals surface area contributed by atoms with Crippen LogP contribution in [0.25, 0.3) is 0 Å². The quantitative estimate of drug-likeness (QED) is 0.317. The van der Waals surface area contributed by atoms with E-state index in [1.165, 1.54) is 94.8 Å². The molecule has 0 atom stereocenters. The molecule has 0 radical (unpaired) electrons. The van der Waals surface area contributed by atoms with Crippen molar-refractivity contribution in [2.24, 2.45) is 0 Å². The summed E-state index contributed by atoms with van der Waals surface area (Å²) in [7, 11) is 0. The van der Waals surface area contributed by atoms with Crippen LogP contribution in [0.15, 0.2) is 0 Å². The van der Waals surface area contributed by atoms with Crippen LogP contribution in [0, 0.1) is 0 Å². The predicted molar refractivity (Wildman–Crippen MR) is 139 cm³/mol. The minimum absolute atomic E-state index is 0.402. The molecule has 0 heterocycles. The Balaban J connectivity index is 2.27. The van der Waals surface area contributed by atoms with Crippen LogP contribution in [0.1, 0.15) is 124 Å². The molecule has 2 amide bonds. The first-order valence-electron chi connectivity index (χ1n) is 14.0.